The first kappa shape index (κ1) is 21.2. The number of carbonyl (C=O) groups is 1. The Morgan fingerprint density at radius 3 is 2.45 bits per heavy atom. The number of hydrogen-bond donors (Lipinski definition) is 1. The number of amides is 1. The number of carbonyl (C=O) groups excluding carboxylic acids is 1. The molecule has 0 bridgehead atoms. The van der Waals surface area contributed by atoms with E-state index in [-0.39, 0.29) is 23.0 Å². The highest BCUT2D eigenvalue weighted by Gasteiger charge is 2.35. The summed E-state index contributed by atoms with van der Waals surface area (Å²) in [6.07, 6.45) is 0.122. The van der Waals surface area contributed by atoms with Gasteiger partial charge in [0.15, 0.2) is 6.10 Å². The molecule has 0 saturated heterocycles. The maximum Gasteiger partial charge on any atom is 0.261 e. The quantitative estimate of drug-likeness (QED) is 0.746. The van der Waals surface area contributed by atoms with Crippen molar-refractivity contribution in [3.05, 3.63) is 59.2 Å². The number of fused-ring (bicyclic) bond motifs is 1. The van der Waals surface area contributed by atoms with E-state index in [0.29, 0.717) is 12.2 Å². The summed E-state index contributed by atoms with van der Waals surface area (Å²) < 4.78 is 12.0. The largest absolute Gasteiger partial charge is 0.487 e. The zero-order valence-electron chi connectivity index (χ0n) is 18.6. The standard InChI is InChI=1S/C25H33NO3/c1-16-8-13-20-21(15-25(6,7)29-22(20)14-16)26-23(27)17(2)28-19-11-9-18(10-12-19)24(3,4)5/h8-14,17,21H,15H2,1-7H3,(H,26,27)/t17-,21+/m1/s1. The molecule has 4 nitrogen and oxygen atoms in total. The molecule has 0 radical (unpaired) electrons. The number of rotatable bonds is 4. The Bertz CT molecular complexity index is 878. The SMILES string of the molecule is Cc1ccc2c(c1)OC(C)(C)C[C@@H]2NC(=O)[C@@H](C)Oc1ccc(C(C)(C)C)cc1. The zero-order valence-corrected chi connectivity index (χ0v) is 18.6. The number of benzene rings is 2. The minimum Gasteiger partial charge on any atom is -0.487 e. The Balaban J connectivity index is 1.70. The van der Waals surface area contributed by atoms with Gasteiger partial charge in [-0.1, -0.05) is 45.0 Å². The van der Waals surface area contributed by atoms with E-state index < -0.39 is 6.10 Å². The molecule has 2 aromatic rings. The maximum absolute atomic E-state index is 12.9. The van der Waals surface area contributed by atoms with Crippen LogP contribution in [0.3, 0.4) is 0 Å². The Hall–Kier alpha value is -2.49. The summed E-state index contributed by atoms with van der Waals surface area (Å²) in [6, 6.07) is 14.0. The lowest BCUT2D eigenvalue weighted by atomic mass is 9.87. The smallest absolute Gasteiger partial charge is 0.261 e. The molecule has 1 aliphatic heterocycles. The van der Waals surface area contributed by atoms with Crippen LogP contribution in [0.1, 0.15) is 70.7 Å². The van der Waals surface area contributed by atoms with E-state index in [1.54, 1.807) is 6.92 Å². The van der Waals surface area contributed by atoms with E-state index in [0.717, 1.165) is 16.9 Å². The van der Waals surface area contributed by atoms with E-state index in [2.05, 4.69) is 44.3 Å². The van der Waals surface area contributed by atoms with Crippen LogP contribution in [0.5, 0.6) is 11.5 Å². The lowest BCUT2D eigenvalue weighted by Gasteiger charge is -2.38. The topological polar surface area (TPSA) is 47.6 Å². The molecule has 3 rings (SSSR count). The summed E-state index contributed by atoms with van der Waals surface area (Å²) >= 11 is 0. The van der Waals surface area contributed by atoms with Crippen molar-refractivity contribution in [2.24, 2.45) is 0 Å². The van der Waals surface area contributed by atoms with Gasteiger partial charge in [-0.05, 0) is 62.4 Å². The first-order chi connectivity index (χ1) is 13.4. The molecule has 156 valence electrons. The van der Waals surface area contributed by atoms with Gasteiger partial charge in [0.25, 0.3) is 5.91 Å². The van der Waals surface area contributed by atoms with Gasteiger partial charge in [0, 0.05) is 12.0 Å². The molecule has 1 N–H and O–H groups in total. The first-order valence-electron chi connectivity index (χ1n) is 10.3. The van der Waals surface area contributed by atoms with Crippen LogP contribution in [-0.4, -0.2) is 17.6 Å². The lowest BCUT2D eigenvalue weighted by Crippen LogP contribution is -2.44. The second-order valence-corrected chi connectivity index (χ2v) is 9.70. The third-order valence-electron chi connectivity index (χ3n) is 5.35. The molecule has 1 heterocycles. The summed E-state index contributed by atoms with van der Waals surface area (Å²) in [7, 11) is 0. The van der Waals surface area contributed by atoms with Crippen molar-refractivity contribution >= 4 is 5.91 Å². The van der Waals surface area contributed by atoms with E-state index in [9.17, 15) is 4.79 Å². The van der Waals surface area contributed by atoms with Crippen LogP contribution in [0.4, 0.5) is 0 Å². The molecule has 0 saturated carbocycles. The summed E-state index contributed by atoms with van der Waals surface area (Å²) in [5.41, 5.74) is 3.14. The van der Waals surface area contributed by atoms with Gasteiger partial charge in [0.05, 0.1) is 6.04 Å². The van der Waals surface area contributed by atoms with E-state index >= 15 is 0 Å². The second kappa shape index (κ2) is 7.74. The van der Waals surface area contributed by atoms with Crippen LogP contribution in [0, 0.1) is 6.92 Å². The Morgan fingerprint density at radius 2 is 1.83 bits per heavy atom. The van der Waals surface area contributed by atoms with Gasteiger partial charge < -0.3 is 14.8 Å². The van der Waals surface area contributed by atoms with Crippen molar-refractivity contribution in [3.8, 4) is 11.5 Å². The summed E-state index contributed by atoms with van der Waals surface area (Å²) in [6.45, 7) is 14.4. The first-order valence-corrected chi connectivity index (χ1v) is 10.3. The van der Waals surface area contributed by atoms with Crippen LogP contribution in [-0.2, 0) is 10.2 Å². The van der Waals surface area contributed by atoms with Crippen LogP contribution in [0.15, 0.2) is 42.5 Å². The number of nitrogens with one attached hydrogen (secondary N) is 1. The molecule has 0 aromatic heterocycles. The van der Waals surface area contributed by atoms with Gasteiger partial charge in [0.2, 0.25) is 0 Å². The third-order valence-corrected chi connectivity index (χ3v) is 5.35. The molecule has 0 spiro atoms. The Labute approximate surface area is 174 Å². The molecular weight excluding hydrogens is 362 g/mol. The van der Waals surface area contributed by atoms with Crippen LogP contribution in [0.2, 0.25) is 0 Å². The minimum atomic E-state index is -0.588. The minimum absolute atomic E-state index is 0.0864. The fraction of sp³-hybridized carbons (Fsp3) is 0.480. The van der Waals surface area contributed by atoms with Gasteiger partial charge in [-0.25, -0.2) is 0 Å². The van der Waals surface area contributed by atoms with E-state index in [4.69, 9.17) is 9.47 Å². The summed E-state index contributed by atoms with van der Waals surface area (Å²) in [4.78, 5) is 12.9. The predicted molar refractivity (Wildman–Crippen MR) is 117 cm³/mol. The van der Waals surface area contributed by atoms with Crippen molar-refractivity contribution in [3.63, 3.8) is 0 Å². The maximum atomic E-state index is 12.9. The number of aryl methyl sites for hydroxylation is 1. The van der Waals surface area contributed by atoms with Crippen molar-refractivity contribution in [1.82, 2.24) is 5.32 Å². The molecule has 2 atom stereocenters. The number of hydrogen-bond acceptors (Lipinski definition) is 3. The van der Waals surface area contributed by atoms with E-state index in [1.807, 2.05) is 45.0 Å². The third kappa shape index (κ3) is 5.11. The normalized spacial score (nSPS) is 18.9. The molecule has 2 aromatic carbocycles. The molecule has 0 fully saturated rings. The van der Waals surface area contributed by atoms with Gasteiger partial charge >= 0.3 is 0 Å². The Kier molecular flexibility index (Phi) is 5.66. The van der Waals surface area contributed by atoms with E-state index in [1.165, 1.54) is 5.56 Å². The molecular formula is C25H33NO3. The fourth-order valence-corrected chi connectivity index (χ4v) is 3.67. The average molecular weight is 396 g/mol. The zero-order chi connectivity index (χ0) is 21.4. The molecule has 0 aliphatic carbocycles. The van der Waals surface area contributed by atoms with Gasteiger partial charge in [-0.2, -0.15) is 0 Å². The van der Waals surface area contributed by atoms with Crippen molar-refractivity contribution in [1.29, 1.82) is 0 Å². The Morgan fingerprint density at radius 1 is 1.17 bits per heavy atom. The van der Waals surface area contributed by atoms with Gasteiger partial charge in [0.1, 0.15) is 17.1 Å². The highest BCUT2D eigenvalue weighted by atomic mass is 16.5. The average Bonchev–Trinajstić information content (AvgIpc) is 2.59. The van der Waals surface area contributed by atoms with Crippen molar-refractivity contribution in [2.75, 3.05) is 0 Å². The molecule has 29 heavy (non-hydrogen) atoms. The van der Waals surface area contributed by atoms with Crippen molar-refractivity contribution in [2.45, 2.75) is 78.0 Å². The van der Waals surface area contributed by atoms with Crippen molar-refractivity contribution < 1.29 is 14.3 Å². The van der Waals surface area contributed by atoms with Crippen LogP contribution >= 0.6 is 0 Å². The van der Waals surface area contributed by atoms with Gasteiger partial charge in [-0.3, -0.25) is 4.79 Å². The second-order valence-electron chi connectivity index (χ2n) is 9.70. The van der Waals surface area contributed by atoms with Gasteiger partial charge in [-0.15, -0.1) is 0 Å². The molecule has 4 heteroatoms. The van der Waals surface area contributed by atoms with Crippen LogP contribution in [0.25, 0.3) is 0 Å². The molecule has 1 amide bonds. The summed E-state index contributed by atoms with van der Waals surface area (Å²) in [5, 5.41) is 3.16. The lowest BCUT2D eigenvalue weighted by molar-refractivity contribution is -0.128. The monoisotopic (exact) mass is 395 g/mol. The fourth-order valence-electron chi connectivity index (χ4n) is 3.67. The molecule has 0 unspecified atom stereocenters. The highest BCUT2D eigenvalue weighted by molar-refractivity contribution is 5.81. The molecule has 1 aliphatic rings. The van der Waals surface area contributed by atoms with Crippen LogP contribution < -0.4 is 14.8 Å². The highest BCUT2D eigenvalue weighted by Crippen LogP contribution is 2.40. The predicted octanol–water partition coefficient (Wildman–Crippen LogP) is 5.48. The summed E-state index contributed by atoms with van der Waals surface area (Å²) in [5.74, 6) is 1.42. The number of ether oxygens (including phenoxy) is 2.